The Morgan fingerprint density at radius 3 is 2.56 bits per heavy atom. The largest absolute Gasteiger partial charge is 0.239 e. The van der Waals surface area contributed by atoms with Crippen molar-refractivity contribution in [3.8, 4) is 5.69 Å². The van der Waals surface area contributed by atoms with E-state index in [4.69, 9.17) is 23.2 Å². The van der Waals surface area contributed by atoms with Crippen molar-refractivity contribution in [2.75, 3.05) is 0 Å². The molecule has 2 rings (SSSR count). The van der Waals surface area contributed by atoms with Gasteiger partial charge in [0.25, 0.3) is 0 Å². The van der Waals surface area contributed by atoms with Crippen LogP contribution in [0.3, 0.4) is 0 Å². The maximum atomic E-state index is 6.11. The predicted octanol–water partition coefficient (Wildman–Crippen LogP) is 4.30. The molecule has 16 heavy (non-hydrogen) atoms. The van der Waals surface area contributed by atoms with E-state index in [1.54, 1.807) is 16.8 Å². The number of benzene rings is 1. The highest BCUT2D eigenvalue weighted by molar-refractivity contribution is 6.35. The van der Waals surface area contributed by atoms with Gasteiger partial charge in [-0.05, 0) is 29.7 Å². The molecule has 0 aliphatic rings. The molecule has 0 radical (unpaired) electrons. The Kier molecular flexibility index (Phi) is 3.22. The molecule has 84 valence electrons. The van der Waals surface area contributed by atoms with Crippen LogP contribution >= 0.6 is 23.2 Å². The topological polar surface area (TPSA) is 17.8 Å². The maximum Gasteiger partial charge on any atom is 0.0832 e. The number of rotatable bonds is 2. The fourth-order valence-corrected chi connectivity index (χ4v) is 1.93. The number of aromatic nitrogens is 2. The second-order valence-corrected chi connectivity index (χ2v) is 4.81. The van der Waals surface area contributed by atoms with E-state index in [0.717, 1.165) is 5.69 Å². The van der Waals surface area contributed by atoms with Crippen LogP contribution in [0.15, 0.2) is 30.6 Å². The second-order valence-electron chi connectivity index (χ2n) is 3.97. The van der Waals surface area contributed by atoms with Crippen LogP contribution in [-0.2, 0) is 0 Å². The molecule has 0 aliphatic carbocycles. The summed E-state index contributed by atoms with van der Waals surface area (Å²) >= 11 is 12.0. The average molecular weight is 255 g/mol. The van der Waals surface area contributed by atoms with Gasteiger partial charge in [0.05, 0.1) is 16.9 Å². The Balaban J connectivity index is 2.42. The molecule has 0 saturated carbocycles. The molecule has 0 aliphatic heterocycles. The summed E-state index contributed by atoms with van der Waals surface area (Å²) in [7, 11) is 0. The first kappa shape index (κ1) is 11.5. The molecule has 0 spiro atoms. The van der Waals surface area contributed by atoms with E-state index in [2.05, 4.69) is 18.9 Å². The van der Waals surface area contributed by atoms with E-state index in [9.17, 15) is 0 Å². The molecule has 0 fully saturated rings. The lowest BCUT2D eigenvalue weighted by atomic mass is 10.1. The standard InChI is InChI=1S/C12H12Cl2N2/c1-8(2)9-6-15-16(7-9)12-4-3-10(13)5-11(12)14/h3-8H,1-2H3. The van der Waals surface area contributed by atoms with Gasteiger partial charge >= 0.3 is 0 Å². The lowest BCUT2D eigenvalue weighted by Gasteiger charge is -2.04. The Morgan fingerprint density at radius 1 is 1.25 bits per heavy atom. The number of nitrogens with zero attached hydrogens (tertiary/aromatic N) is 2. The van der Waals surface area contributed by atoms with Gasteiger partial charge in [-0.15, -0.1) is 0 Å². The van der Waals surface area contributed by atoms with Crippen LogP contribution in [0.1, 0.15) is 25.3 Å². The normalized spacial score (nSPS) is 11.1. The zero-order valence-corrected chi connectivity index (χ0v) is 10.6. The fourth-order valence-electron chi connectivity index (χ4n) is 1.43. The van der Waals surface area contributed by atoms with Crippen molar-refractivity contribution >= 4 is 23.2 Å². The summed E-state index contributed by atoms with van der Waals surface area (Å²) in [5.41, 5.74) is 2.03. The van der Waals surface area contributed by atoms with Crippen LogP contribution in [0.4, 0.5) is 0 Å². The molecule has 1 heterocycles. The van der Waals surface area contributed by atoms with Gasteiger partial charge in [-0.1, -0.05) is 37.0 Å². The van der Waals surface area contributed by atoms with E-state index in [1.165, 1.54) is 5.56 Å². The summed E-state index contributed by atoms with van der Waals surface area (Å²) in [5, 5.41) is 5.52. The zero-order valence-electron chi connectivity index (χ0n) is 9.11. The van der Waals surface area contributed by atoms with Gasteiger partial charge in [0.2, 0.25) is 0 Å². The average Bonchev–Trinajstić information content (AvgIpc) is 2.66. The molecule has 4 heteroatoms. The number of hydrogen-bond acceptors (Lipinski definition) is 1. The molecular weight excluding hydrogens is 243 g/mol. The van der Waals surface area contributed by atoms with Gasteiger partial charge in [-0.3, -0.25) is 0 Å². The van der Waals surface area contributed by atoms with Gasteiger partial charge in [0, 0.05) is 11.2 Å². The van der Waals surface area contributed by atoms with Crippen LogP contribution < -0.4 is 0 Å². The third-order valence-corrected chi connectivity index (χ3v) is 2.96. The third kappa shape index (κ3) is 2.23. The van der Waals surface area contributed by atoms with Gasteiger partial charge in [-0.25, -0.2) is 4.68 Å². The van der Waals surface area contributed by atoms with Gasteiger partial charge in [0.1, 0.15) is 0 Å². The molecule has 0 unspecified atom stereocenters. The van der Waals surface area contributed by atoms with E-state index >= 15 is 0 Å². The van der Waals surface area contributed by atoms with Crippen LogP contribution in [0.2, 0.25) is 10.0 Å². The minimum atomic E-state index is 0.458. The summed E-state index contributed by atoms with van der Waals surface area (Å²) in [5.74, 6) is 0.458. The second kappa shape index (κ2) is 4.48. The summed E-state index contributed by atoms with van der Waals surface area (Å²) in [4.78, 5) is 0. The smallest absolute Gasteiger partial charge is 0.0832 e. The minimum Gasteiger partial charge on any atom is -0.239 e. The third-order valence-electron chi connectivity index (χ3n) is 2.43. The molecule has 1 aromatic carbocycles. The van der Waals surface area contributed by atoms with Crippen molar-refractivity contribution in [2.24, 2.45) is 0 Å². The Hall–Kier alpha value is -0.990. The zero-order chi connectivity index (χ0) is 11.7. The van der Waals surface area contributed by atoms with E-state index < -0.39 is 0 Å². The van der Waals surface area contributed by atoms with E-state index in [1.807, 2.05) is 18.5 Å². The summed E-state index contributed by atoms with van der Waals surface area (Å²) < 4.78 is 1.77. The summed E-state index contributed by atoms with van der Waals surface area (Å²) in [6.45, 7) is 4.26. The first-order valence-corrected chi connectivity index (χ1v) is 5.83. The van der Waals surface area contributed by atoms with Crippen LogP contribution in [0.25, 0.3) is 5.69 Å². The molecule has 2 aromatic rings. The van der Waals surface area contributed by atoms with Crippen molar-refractivity contribution in [1.82, 2.24) is 9.78 Å². The van der Waals surface area contributed by atoms with Gasteiger partial charge < -0.3 is 0 Å². The van der Waals surface area contributed by atoms with Crippen LogP contribution in [0.5, 0.6) is 0 Å². The highest BCUT2D eigenvalue weighted by Crippen LogP contribution is 2.25. The van der Waals surface area contributed by atoms with E-state index in [0.29, 0.717) is 16.0 Å². The summed E-state index contributed by atoms with van der Waals surface area (Å²) in [6, 6.07) is 5.39. The number of hydrogen-bond donors (Lipinski definition) is 0. The van der Waals surface area contributed by atoms with Crippen molar-refractivity contribution in [3.63, 3.8) is 0 Å². The molecule has 0 saturated heterocycles. The van der Waals surface area contributed by atoms with Crippen molar-refractivity contribution in [1.29, 1.82) is 0 Å². The maximum absolute atomic E-state index is 6.11. The first-order chi connectivity index (χ1) is 7.58. The van der Waals surface area contributed by atoms with Crippen molar-refractivity contribution in [3.05, 3.63) is 46.2 Å². The van der Waals surface area contributed by atoms with Crippen LogP contribution in [-0.4, -0.2) is 9.78 Å². The molecule has 1 aromatic heterocycles. The molecule has 0 N–H and O–H groups in total. The Bertz CT molecular complexity index is 503. The van der Waals surface area contributed by atoms with Crippen LogP contribution in [0, 0.1) is 0 Å². The van der Waals surface area contributed by atoms with Gasteiger partial charge in [0.15, 0.2) is 0 Å². The molecule has 0 bridgehead atoms. The molecule has 0 atom stereocenters. The number of halogens is 2. The predicted molar refractivity (Wildman–Crippen MR) is 67.7 cm³/mol. The molecule has 2 nitrogen and oxygen atoms in total. The molecular formula is C12H12Cl2N2. The lowest BCUT2D eigenvalue weighted by molar-refractivity contribution is 0.858. The monoisotopic (exact) mass is 254 g/mol. The molecule has 0 amide bonds. The fraction of sp³-hybridized carbons (Fsp3) is 0.250. The highest BCUT2D eigenvalue weighted by atomic mass is 35.5. The SMILES string of the molecule is CC(C)c1cnn(-c2ccc(Cl)cc2Cl)c1. The van der Waals surface area contributed by atoms with Crippen molar-refractivity contribution in [2.45, 2.75) is 19.8 Å². The minimum absolute atomic E-state index is 0.458. The Morgan fingerprint density at radius 2 is 2.00 bits per heavy atom. The summed E-state index contributed by atoms with van der Waals surface area (Å²) in [6.07, 6.45) is 3.84. The van der Waals surface area contributed by atoms with Crippen molar-refractivity contribution < 1.29 is 0 Å². The Labute approximate surface area is 105 Å². The van der Waals surface area contributed by atoms with Gasteiger partial charge in [-0.2, -0.15) is 5.10 Å². The van der Waals surface area contributed by atoms with E-state index in [-0.39, 0.29) is 0 Å². The first-order valence-electron chi connectivity index (χ1n) is 5.08. The highest BCUT2D eigenvalue weighted by Gasteiger charge is 2.07. The quantitative estimate of drug-likeness (QED) is 0.782. The lowest BCUT2D eigenvalue weighted by Crippen LogP contribution is -1.95.